The normalized spacial score (nSPS) is 22.6. The van der Waals surface area contributed by atoms with Crippen LogP contribution in [0.5, 0.6) is 0 Å². The summed E-state index contributed by atoms with van der Waals surface area (Å²) in [5.74, 6) is -2.42. The number of piperidine rings is 1. The largest absolute Gasteiger partial charge is 0.478 e. The molecule has 2 rings (SSSR count). The Bertz CT molecular complexity index is 551. The van der Waals surface area contributed by atoms with Gasteiger partial charge in [0.05, 0.1) is 11.5 Å². The summed E-state index contributed by atoms with van der Waals surface area (Å²) in [6.45, 7) is 2.11. The first kappa shape index (κ1) is 14.1. The summed E-state index contributed by atoms with van der Waals surface area (Å²) in [5.41, 5.74) is 5.20. The minimum atomic E-state index is -1.16. The van der Waals surface area contributed by atoms with Crippen LogP contribution in [0.2, 0.25) is 0 Å². The molecule has 7 nitrogen and oxygen atoms in total. The molecule has 1 fully saturated rings. The molecule has 20 heavy (non-hydrogen) atoms. The summed E-state index contributed by atoms with van der Waals surface area (Å²) in [6, 6.07) is 1.14. The van der Waals surface area contributed by atoms with Crippen molar-refractivity contribution in [1.29, 1.82) is 0 Å². The number of nitrogens with two attached hydrogens (primary N) is 1. The van der Waals surface area contributed by atoms with E-state index in [1.54, 1.807) is 0 Å². The fraction of sp³-hybridized carbons (Fsp3) is 0.462. The van der Waals surface area contributed by atoms with Crippen molar-refractivity contribution in [2.45, 2.75) is 25.8 Å². The predicted molar refractivity (Wildman–Crippen MR) is 68.1 cm³/mol. The number of carboxylic acid groups (broad SMARTS) is 1. The lowest BCUT2D eigenvalue weighted by Gasteiger charge is -2.36. The molecule has 0 bridgehead atoms. The number of aromatic carboxylic acids is 1. The molecule has 2 atom stereocenters. The van der Waals surface area contributed by atoms with Crippen molar-refractivity contribution in [1.82, 2.24) is 4.90 Å². The van der Waals surface area contributed by atoms with Crippen LogP contribution in [-0.2, 0) is 4.79 Å². The summed E-state index contributed by atoms with van der Waals surface area (Å²) in [6.07, 6.45) is 2.35. The molecular formula is C13H16N2O5. The van der Waals surface area contributed by atoms with Gasteiger partial charge in [0.25, 0.3) is 5.91 Å². The minimum Gasteiger partial charge on any atom is -0.478 e. The number of primary amides is 1. The third kappa shape index (κ3) is 2.66. The monoisotopic (exact) mass is 280 g/mol. The average molecular weight is 280 g/mol. The van der Waals surface area contributed by atoms with E-state index in [0.717, 1.165) is 6.26 Å². The molecular weight excluding hydrogens is 264 g/mol. The van der Waals surface area contributed by atoms with Gasteiger partial charge in [-0.3, -0.25) is 9.59 Å². The second-order valence-corrected chi connectivity index (χ2v) is 4.99. The molecule has 0 spiro atoms. The SMILES string of the molecule is CC1CCC(C(N)=O)CN1C(=O)c1cc(C(=O)O)co1. The van der Waals surface area contributed by atoms with Crippen molar-refractivity contribution >= 4 is 17.8 Å². The number of amides is 2. The van der Waals surface area contributed by atoms with Crippen molar-refractivity contribution in [2.75, 3.05) is 6.54 Å². The Morgan fingerprint density at radius 2 is 2.10 bits per heavy atom. The van der Waals surface area contributed by atoms with Gasteiger partial charge < -0.3 is 20.2 Å². The number of carboxylic acids is 1. The molecule has 3 N–H and O–H groups in total. The van der Waals surface area contributed by atoms with Crippen LogP contribution in [0, 0.1) is 5.92 Å². The third-order valence-corrected chi connectivity index (χ3v) is 3.60. The minimum absolute atomic E-state index is 0.0422. The highest BCUT2D eigenvalue weighted by Gasteiger charge is 2.33. The summed E-state index contributed by atoms with van der Waals surface area (Å²) in [7, 11) is 0. The van der Waals surface area contributed by atoms with E-state index >= 15 is 0 Å². The first-order valence-electron chi connectivity index (χ1n) is 6.32. The molecule has 0 radical (unpaired) electrons. The van der Waals surface area contributed by atoms with Crippen molar-refractivity contribution < 1.29 is 23.9 Å². The topological polar surface area (TPSA) is 114 Å². The van der Waals surface area contributed by atoms with E-state index in [9.17, 15) is 14.4 Å². The Hall–Kier alpha value is -2.31. The molecule has 1 aromatic rings. The van der Waals surface area contributed by atoms with Gasteiger partial charge in [0, 0.05) is 18.7 Å². The number of carbonyl (C=O) groups is 3. The van der Waals surface area contributed by atoms with Gasteiger partial charge in [-0.15, -0.1) is 0 Å². The maximum Gasteiger partial charge on any atom is 0.338 e. The van der Waals surface area contributed by atoms with Crippen molar-refractivity contribution in [3.05, 3.63) is 23.7 Å². The zero-order valence-corrected chi connectivity index (χ0v) is 11.0. The van der Waals surface area contributed by atoms with E-state index in [-0.39, 0.29) is 29.8 Å². The van der Waals surface area contributed by atoms with Gasteiger partial charge in [0.1, 0.15) is 6.26 Å². The molecule has 0 aromatic carbocycles. The van der Waals surface area contributed by atoms with Crippen molar-refractivity contribution in [2.24, 2.45) is 11.7 Å². The van der Waals surface area contributed by atoms with E-state index in [1.807, 2.05) is 6.92 Å². The van der Waals surface area contributed by atoms with Crippen LogP contribution in [0.1, 0.15) is 40.7 Å². The van der Waals surface area contributed by atoms with Crippen LogP contribution in [0.15, 0.2) is 16.7 Å². The number of furan rings is 1. The van der Waals surface area contributed by atoms with E-state index in [2.05, 4.69) is 0 Å². The van der Waals surface area contributed by atoms with E-state index < -0.39 is 17.8 Å². The van der Waals surface area contributed by atoms with Crippen LogP contribution in [0.25, 0.3) is 0 Å². The zero-order valence-electron chi connectivity index (χ0n) is 11.0. The van der Waals surface area contributed by atoms with Crippen LogP contribution in [0.3, 0.4) is 0 Å². The summed E-state index contributed by atoms with van der Waals surface area (Å²) >= 11 is 0. The van der Waals surface area contributed by atoms with Crippen LogP contribution < -0.4 is 5.73 Å². The summed E-state index contributed by atoms with van der Waals surface area (Å²) in [5, 5.41) is 8.81. The Labute approximate surface area is 115 Å². The molecule has 108 valence electrons. The fourth-order valence-corrected chi connectivity index (χ4v) is 2.32. The van der Waals surface area contributed by atoms with E-state index in [0.29, 0.717) is 12.8 Å². The Morgan fingerprint density at radius 1 is 1.40 bits per heavy atom. The molecule has 0 saturated carbocycles. The number of nitrogens with zero attached hydrogens (tertiary/aromatic N) is 1. The lowest BCUT2D eigenvalue weighted by atomic mass is 9.92. The standard InChI is InChI=1S/C13H16N2O5/c1-7-2-3-8(11(14)16)5-15(7)12(17)10-4-9(6-20-10)13(18)19/h4,6-8H,2-3,5H2,1H3,(H2,14,16)(H,18,19). The van der Waals surface area contributed by atoms with Crippen molar-refractivity contribution in [3.8, 4) is 0 Å². The summed E-state index contributed by atoms with van der Waals surface area (Å²) < 4.78 is 5.00. The predicted octanol–water partition coefficient (Wildman–Crippen LogP) is 0.704. The van der Waals surface area contributed by atoms with Gasteiger partial charge in [-0.2, -0.15) is 0 Å². The number of hydrogen-bond donors (Lipinski definition) is 2. The molecule has 1 aromatic heterocycles. The van der Waals surface area contributed by atoms with E-state index in [1.165, 1.54) is 11.0 Å². The highest BCUT2D eigenvalue weighted by Crippen LogP contribution is 2.24. The molecule has 0 aliphatic carbocycles. The number of hydrogen-bond acceptors (Lipinski definition) is 4. The molecule has 2 heterocycles. The fourth-order valence-electron chi connectivity index (χ4n) is 2.32. The maximum absolute atomic E-state index is 12.3. The lowest BCUT2D eigenvalue weighted by Crippen LogP contribution is -2.48. The first-order chi connectivity index (χ1) is 9.40. The highest BCUT2D eigenvalue weighted by molar-refractivity contribution is 5.96. The molecule has 1 saturated heterocycles. The first-order valence-corrected chi connectivity index (χ1v) is 6.32. The maximum atomic E-state index is 12.3. The zero-order chi connectivity index (χ0) is 14.9. The lowest BCUT2D eigenvalue weighted by molar-refractivity contribution is -0.123. The van der Waals surface area contributed by atoms with Gasteiger partial charge in [-0.25, -0.2) is 4.79 Å². The molecule has 2 unspecified atom stereocenters. The molecule has 1 aliphatic heterocycles. The third-order valence-electron chi connectivity index (χ3n) is 3.60. The highest BCUT2D eigenvalue weighted by atomic mass is 16.4. The van der Waals surface area contributed by atoms with Crippen LogP contribution in [-0.4, -0.2) is 40.4 Å². The smallest absolute Gasteiger partial charge is 0.338 e. The Morgan fingerprint density at radius 3 is 2.65 bits per heavy atom. The average Bonchev–Trinajstić information content (AvgIpc) is 2.88. The Kier molecular flexibility index (Phi) is 3.78. The molecule has 2 amide bonds. The number of rotatable bonds is 3. The van der Waals surface area contributed by atoms with Gasteiger partial charge in [0.2, 0.25) is 5.91 Å². The number of likely N-dealkylation sites (tertiary alicyclic amines) is 1. The van der Waals surface area contributed by atoms with Gasteiger partial charge in [-0.1, -0.05) is 0 Å². The van der Waals surface area contributed by atoms with Gasteiger partial charge in [0.15, 0.2) is 5.76 Å². The van der Waals surface area contributed by atoms with Crippen molar-refractivity contribution in [3.63, 3.8) is 0 Å². The number of carbonyl (C=O) groups excluding carboxylic acids is 2. The second kappa shape index (κ2) is 5.36. The van der Waals surface area contributed by atoms with Gasteiger partial charge in [-0.05, 0) is 19.8 Å². The van der Waals surface area contributed by atoms with Crippen LogP contribution in [0.4, 0.5) is 0 Å². The molecule has 1 aliphatic rings. The quantitative estimate of drug-likeness (QED) is 0.846. The van der Waals surface area contributed by atoms with E-state index in [4.69, 9.17) is 15.3 Å². The molecule has 7 heteroatoms. The summed E-state index contributed by atoms with van der Waals surface area (Å²) in [4.78, 5) is 35.8. The second-order valence-electron chi connectivity index (χ2n) is 4.99. The van der Waals surface area contributed by atoms with Crippen LogP contribution >= 0.6 is 0 Å². The van der Waals surface area contributed by atoms with Gasteiger partial charge >= 0.3 is 5.97 Å². The Balaban J connectivity index is 2.17.